The standard InChI is InChI=1S/C26H25Cl2NO3/c1-16-12-17(2)26(18(3)13-16)29-25(30)11-9-19-8-10-23(24(14-19)31-4)32-15-20-21(27)6-5-7-22(20)28/h5-14H,15H2,1-4H3,(H,29,30). The predicted molar refractivity (Wildman–Crippen MR) is 132 cm³/mol. The molecule has 0 spiro atoms. The summed E-state index contributed by atoms with van der Waals surface area (Å²) in [6.07, 6.45) is 3.23. The average molecular weight is 470 g/mol. The van der Waals surface area contributed by atoms with Gasteiger partial charge in [0, 0.05) is 27.4 Å². The fourth-order valence-corrected chi connectivity index (χ4v) is 3.95. The summed E-state index contributed by atoms with van der Waals surface area (Å²) in [7, 11) is 1.56. The van der Waals surface area contributed by atoms with Gasteiger partial charge in [-0.15, -0.1) is 0 Å². The number of halogens is 2. The zero-order valence-corrected chi connectivity index (χ0v) is 20.0. The number of hydrogen-bond acceptors (Lipinski definition) is 3. The van der Waals surface area contributed by atoms with E-state index in [-0.39, 0.29) is 12.5 Å². The molecule has 1 N–H and O–H groups in total. The number of methoxy groups -OCH3 is 1. The first-order valence-corrected chi connectivity index (χ1v) is 10.8. The third kappa shape index (κ3) is 5.84. The molecule has 1 amide bonds. The second-order valence-corrected chi connectivity index (χ2v) is 8.31. The van der Waals surface area contributed by atoms with E-state index >= 15 is 0 Å². The Morgan fingerprint density at radius 1 is 0.969 bits per heavy atom. The summed E-state index contributed by atoms with van der Waals surface area (Å²) in [6, 6.07) is 14.8. The van der Waals surface area contributed by atoms with Crippen LogP contribution in [0.2, 0.25) is 10.0 Å². The molecular weight excluding hydrogens is 445 g/mol. The SMILES string of the molecule is COc1cc(C=CC(=O)Nc2c(C)cc(C)cc2C)ccc1OCc1c(Cl)cccc1Cl. The number of anilines is 1. The number of aryl methyl sites for hydroxylation is 3. The van der Waals surface area contributed by atoms with Crippen LogP contribution >= 0.6 is 23.2 Å². The van der Waals surface area contributed by atoms with E-state index in [1.807, 2.05) is 39.0 Å². The summed E-state index contributed by atoms with van der Waals surface area (Å²) in [5.41, 5.74) is 5.58. The highest BCUT2D eigenvalue weighted by Gasteiger charge is 2.10. The Morgan fingerprint density at radius 2 is 1.62 bits per heavy atom. The summed E-state index contributed by atoms with van der Waals surface area (Å²) < 4.78 is 11.3. The van der Waals surface area contributed by atoms with Gasteiger partial charge in [-0.25, -0.2) is 0 Å². The first kappa shape index (κ1) is 23.7. The summed E-state index contributed by atoms with van der Waals surface area (Å²) in [5, 5.41) is 4.04. The minimum Gasteiger partial charge on any atom is -0.493 e. The molecule has 0 heterocycles. The molecule has 0 saturated heterocycles. The summed E-state index contributed by atoms with van der Waals surface area (Å²) in [5.74, 6) is 0.893. The second kappa shape index (κ2) is 10.6. The van der Waals surface area contributed by atoms with Crippen LogP contribution < -0.4 is 14.8 Å². The zero-order valence-electron chi connectivity index (χ0n) is 18.5. The number of ether oxygens (including phenoxy) is 2. The fourth-order valence-electron chi connectivity index (χ4n) is 3.44. The van der Waals surface area contributed by atoms with Crippen molar-refractivity contribution in [2.75, 3.05) is 12.4 Å². The van der Waals surface area contributed by atoms with E-state index in [1.54, 1.807) is 43.5 Å². The van der Waals surface area contributed by atoms with E-state index in [2.05, 4.69) is 5.32 Å². The van der Waals surface area contributed by atoms with Gasteiger partial charge in [-0.1, -0.05) is 53.0 Å². The van der Waals surface area contributed by atoms with Gasteiger partial charge >= 0.3 is 0 Å². The van der Waals surface area contributed by atoms with E-state index in [0.717, 1.165) is 22.4 Å². The molecule has 3 rings (SSSR count). The molecule has 0 bridgehead atoms. The first-order chi connectivity index (χ1) is 15.3. The van der Waals surface area contributed by atoms with E-state index in [9.17, 15) is 4.79 Å². The molecule has 0 aliphatic carbocycles. The van der Waals surface area contributed by atoms with Crippen LogP contribution in [0.15, 0.2) is 54.6 Å². The van der Waals surface area contributed by atoms with E-state index < -0.39 is 0 Å². The van der Waals surface area contributed by atoms with E-state index in [1.165, 1.54) is 11.6 Å². The Balaban J connectivity index is 1.70. The predicted octanol–water partition coefficient (Wildman–Crippen LogP) is 7.16. The lowest BCUT2D eigenvalue weighted by atomic mass is 10.1. The Labute approximate surface area is 198 Å². The van der Waals surface area contributed by atoms with Crippen molar-refractivity contribution in [3.8, 4) is 11.5 Å². The van der Waals surface area contributed by atoms with Crippen molar-refractivity contribution in [2.45, 2.75) is 27.4 Å². The van der Waals surface area contributed by atoms with Crippen LogP contribution in [0.5, 0.6) is 11.5 Å². The topological polar surface area (TPSA) is 47.6 Å². The fraction of sp³-hybridized carbons (Fsp3) is 0.192. The van der Waals surface area contributed by atoms with Crippen LogP contribution in [0.3, 0.4) is 0 Å². The minimum absolute atomic E-state index is 0.201. The zero-order chi connectivity index (χ0) is 23.3. The van der Waals surface area contributed by atoms with Crippen molar-refractivity contribution in [3.63, 3.8) is 0 Å². The first-order valence-electron chi connectivity index (χ1n) is 10.1. The molecule has 0 radical (unpaired) electrons. The van der Waals surface area contributed by atoms with Crippen molar-refractivity contribution >= 4 is 40.9 Å². The molecular formula is C26H25Cl2NO3. The molecule has 0 fully saturated rings. The van der Waals surface area contributed by atoms with Crippen molar-refractivity contribution in [2.24, 2.45) is 0 Å². The second-order valence-electron chi connectivity index (χ2n) is 7.50. The van der Waals surface area contributed by atoms with Gasteiger partial charge in [0.15, 0.2) is 11.5 Å². The molecule has 0 aromatic heterocycles. The molecule has 0 atom stereocenters. The number of benzene rings is 3. The summed E-state index contributed by atoms with van der Waals surface area (Å²) >= 11 is 12.4. The number of hydrogen-bond donors (Lipinski definition) is 1. The Bertz CT molecular complexity index is 1130. The van der Waals surface area contributed by atoms with Gasteiger partial charge in [0.1, 0.15) is 6.61 Å². The van der Waals surface area contributed by atoms with E-state index in [0.29, 0.717) is 27.1 Å². The average Bonchev–Trinajstić information content (AvgIpc) is 2.74. The lowest BCUT2D eigenvalue weighted by Crippen LogP contribution is -2.10. The number of amides is 1. The van der Waals surface area contributed by atoms with Crippen LogP contribution in [-0.2, 0) is 11.4 Å². The van der Waals surface area contributed by atoms with Crippen molar-refractivity contribution in [1.82, 2.24) is 0 Å². The summed E-state index contributed by atoms with van der Waals surface area (Å²) in [6.45, 7) is 6.22. The van der Waals surface area contributed by atoms with Gasteiger partial charge in [-0.3, -0.25) is 4.79 Å². The monoisotopic (exact) mass is 469 g/mol. The van der Waals surface area contributed by atoms with Crippen LogP contribution in [0.4, 0.5) is 5.69 Å². The molecule has 3 aromatic carbocycles. The number of carbonyl (C=O) groups is 1. The van der Waals surface area contributed by atoms with Crippen LogP contribution in [-0.4, -0.2) is 13.0 Å². The minimum atomic E-state index is -0.201. The largest absolute Gasteiger partial charge is 0.493 e. The third-order valence-corrected chi connectivity index (χ3v) is 5.68. The smallest absolute Gasteiger partial charge is 0.248 e. The van der Waals surface area contributed by atoms with Gasteiger partial charge in [-0.2, -0.15) is 0 Å². The highest BCUT2D eigenvalue weighted by molar-refractivity contribution is 6.35. The van der Waals surface area contributed by atoms with Crippen molar-refractivity contribution in [1.29, 1.82) is 0 Å². The number of carbonyl (C=O) groups excluding carboxylic acids is 1. The van der Waals surface area contributed by atoms with Gasteiger partial charge < -0.3 is 14.8 Å². The molecule has 6 heteroatoms. The molecule has 0 saturated carbocycles. The Morgan fingerprint density at radius 3 is 2.25 bits per heavy atom. The molecule has 0 aliphatic rings. The van der Waals surface area contributed by atoms with Gasteiger partial charge in [0.25, 0.3) is 0 Å². The Kier molecular flexibility index (Phi) is 7.84. The quantitative estimate of drug-likeness (QED) is 0.373. The molecule has 0 unspecified atom stereocenters. The van der Waals surface area contributed by atoms with E-state index in [4.69, 9.17) is 32.7 Å². The molecule has 166 valence electrons. The maximum absolute atomic E-state index is 12.4. The van der Waals surface area contributed by atoms with Gasteiger partial charge in [0.05, 0.1) is 7.11 Å². The highest BCUT2D eigenvalue weighted by atomic mass is 35.5. The Hall–Kier alpha value is -2.95. The molecule has 32 heavy (non-hydrogen) atoms. The molecule has 0 aliphatic heterocycles. The maximum Gasteiger partial charge on any atom is 0.248 e. The highest BCUT2D eigenvalue weighted by Crippen LogP contribution is 2.31. The van der Waals surface area contributed by atoms with Gasteiger partial charge in [0.2, 0.25) is 5.91 Å². The van der Waals surface area contributed by atoms with Crippen LogP contribution in [0.25, 0.3) is 6.08 Å². The lowest BCUT2D eigenvalue weighted by Gasteiger charge is -2.13. The third-order valence-electron chi connectivity index (χ3n) is 4.97. The maximum atomic E-state index is 12.4. The number of nitrogens with one attached hydrogen (secondary N) is 1. The van der Waals surface area contributed by atoms with Crippen LogP contribution in [0.1, 0.15) is 27.8 Å². The number of rotatable bonds is 7. The lowest BCUT2D eigenvalue weighted by molar-refractivity contribution is -0.111. The normalized spacial score (nSPS) is 10.9. The molecule has 4 nitrogen and oxygen atoms in total. The van der Waals surface area contributed by atoms with Crippen LogP contribution in [0, 0.1) is 20.8 Å². The summed E-state index contributed by atoms with van der Waals surface area (Å²) in [4.78, 5) is 12.4. The van der Waals surface area contributed by atoms with Crippen molar-refractivity contribution in [3.05, 3.63) is 92.5 Å². The molecule has 3 aromatic rings. The van der Waals surface area contributed by atoms with Crippen molar-refractivity contribution < 1.29 is 14.3 Å². The van der Waals surface area contributed by atoms with Gasteiger partial charge in [-0.05, 0) is 67.8 Å².